The van der Waals surface area contributed by atoms with E-state index in [-0.39, 0.29) is 17.7 Å². The molecule has 1 aliphatic carbocycles. The van der Waals surface area contributed by atoms with Crippen molar-refractivity contribution in [1.82, 2.24) is 25.5 Å². The van der Waals surface area contributed by atoms with Gasteiger partial charge >= 0.3 is 5.97 Å². The fraction of sp³-hybridized carbons (Fsp3) is 0.667. The summed E-state index contributed by atoms with van der Waals surface area (Å²) < 4.78 is 1.34. The first-order valence-corrected chi connectivity index (χ1v) is 6.49. The van der Waals surface area contributed by atoms with Gasteiger partial charge in [0.1, 0.15) is 6.04 Å². The number of hydrogen-bond donors (Lipinski definition) is 2. The van der Waals surface area contributed by atoms with Gasteiger partial charge < -0.3 is 10.4 Å². The zero-order chi connectivity index (χ0) is 13.1. The second-order valence-corrected chi connectivity index (χ2v) is 4.99. The van der Waals surface area contributed by atoms with Crippen LogP contribution in [0.1, 0.15) is 25.8 Å². The summed E-state index contributed by atoms with van der Waals surface area (Å²) in [4.78, 5) is 22.3. The van der Waals surface area contributed by atoms with Gasteiger partial charge in [0.25, 0.3) is 0 Å². The van der Waals surface area contributed by atoms with E-state index in [2.05, 4.69) is 20.8 Å². The molecule has 8 nitrogen and oxygen atoms in total. The molecule has 0 aromatic carbocycles. The summed E-state index contributed by atoms with van der Waals surface area (Å²) in [5.41, 5.74) is 0. The number of carboxylic acid groups (broad SMARTS) is 1. The van der Waals surface area contributed by atoms with Crippen LogP contribution in [-0.2, 0) is 9.59 Å². The molecule has 1 aromatic heterocycles. The van der Waals surface area contributed by atoms with Crippen molar-refractivity contribution in [2.45, 2.75) is 37.0 Å². The molecule has 1 atom stereocenters. The normalized spacial score (nSPS) is 16.3. The number of tetrazole rings is 1. The van der Waals surface area contributed by atoms with Crippen LogP contribution in [0.4, 0.5) is 0 Å². The number of nitrogens with one attached hydrogen (secondary N) is 1. The lowest BCUT2D eigenvalue weighted by Crippen LogP contribution is -2.33. The molecule has 1 heterocycles. The highest BCUT2D eigenvalue weighted by atomic mass is 32.2. The Kier molecular flexibility index (Phi) is 3.80. The molecule has 0 saturated heterocycles. The second kappa shape index (κ2) is 5.34. The minimum Gasteiger partial charge on any atom is -0.481 e. The van der Waals surface area contributed by atoms with E-state index in [1.807, 2.05) is 0 Å². The van der Waals surface area contributed by atoms with E-state index in [0.29, 0.717) is 5.16 Å². The second-order valence-electron chi connectivity index (χ2n) is 4.05. The summed E-state index contributed by atoms with van der Waals surface area (Å²) in [7, 11) is 0. The van der Waals surface area contributed by atoms with E-state index in [0.717, 1.165) is 24.6 Å². The maximum absolute atomic E-state index is 11.8. The van der Waals surface area contributed by atoms with Crippen molar-refractivity contribution in [3.05, 3.63) is 0 Å². The molecule has 98 valence electrons. The highest BCUT2D eigenvalue weighted by Crippen LogP contribution is 2.21. The summed E-state index contributed by atoms with van der Waals surface area (Å²) in [5, 5.41) is 22.7. The molecule has 1 amide bonds. The minimum absolute atomic E-state index is 0.142. The zero-order valence-corrected chi connectivity index (χ0v) is 10.6. The lowest BCUT2D eigenvalue weighted by Gasteiger charge is -2.12. The molecule has 1 aromatic rings. The Morgan fingerprint density at radius 3 is 2.94 bits per heavy atom. The number of hydrogen-bond acceptors (Lipinski definition) is 6. The molecule has 18 heavy (non-hydrogen) atoms. The predicted molar refractivity (Wildman–Crippen MR) is 62.1 cm³/mol. The van der Waals surface area contributed by atoms with Gasteiger partial charge in [0, 0.05) is 6.04 Å². The lowest BCUT2D eigenvalue weighted by molar-refractivity contribution is -0.134. The van der Waals surface area contributed by atoms with E-state index in [1.165, 1.54) is 4.68 Å². The molecule has 0 aliphatic heterocycles. The Balaban J connectivity index is 1.99. The number of aliphatic carboxylic acids is 1. The van der Waals surface area contributed by atoms with Gasteiger partial charge in [-0.3, -0.25) is 9.59 Å². The third-order valence-electron chi connectivity index (χ3n) is 2.46. The van der Waals surface area contributed by atoms with E-state index < -0.39 is 12.0 Å². The van der Waals surface area contributed by atoms with Gasteiger partial charge in [-0.15, -0.1) is 5.10 Å². The van der Waals surface area contributed by atoms with E-state index >= 15 is 0 Å². The Bertz CT molecular complexity index is 459. The van der Waals surface area contributed by atoms with Crippen molar-refractivity contribution < 1.29 is 14.7 Å². The van der Waals surface area contributed by atoms with Crippen LogP contribution in [0.3, 0.4) is 0 Å². The van der Waals surface area contributed by atoms with Crippen molar-refractivity contribution in [3.63, 3.8) is 0 Å². The van der Waals surface area contributed by atoms with Crippen molar-refractivity contribution in [2.24, 2.45) is 0 Å². The molecule has 1 unspecified atom stereocenters. The molecule has 2 N–H and O–H groups in total. The molecular weight excluding hydrogens is 258 g/mol. The fourth-order valence-electron chi connectivity index (χ4n) is 1.31. The van der Waals surface area contributed by atoms with Gasteiger partial charge in [-0.1, -0.05) is 11.8 Å². The summed E-state index contributed by atoms with van der Waals surface area (Å²) in [6.45, 7) is 1.68. The third kappa shape index (κ3) is 3.19. The number of aromatic nitrogens is 4. The molecule has 1 fully saturated rings. The lowest BCUT2D eigenvalue weighted by atomic mass is 10.3. The van der Waals surface area contributed by atoms with Crippen LogP contribution in [0, 0.1) is 0 Å². The van der Waals surface area contributed by atoms with Crippen molar-refractivity contribution in [1.29, 1.82) is 0 Å². The van der Waals surface area contributed by atoms with Crippen molar-refractivity contribution in [3.8, 4) is 0 Å². The van der Waals surface area contributed by atoms with Crippen LogP contribution >= 0.6 is 11.8 Å². The minimum atomic E-state index is -0.954. The number of carbonyl (C=O) groups is 2. The predicted octanol–water partition coefficient (Wildman–Crippen LogP) is -0.311. The summed E-state index contributed by atoms with van der Waals surface area (Å²) >= 11 is 0.989. The first-order valence-electron chi connectivity index (χ1n) is 5.50. The van der Waals surface area contributed by atoms with Gasteiger partial charge in [0.15, 0.2) is 0 Å². The average Bonchev–Trinajstić information content (AvgIpc) is 3.01. The van der Waals surface area contributed by atoms with Crippen LogP contribution < -0.4 is 5.32 Å². The standard InChI is InChI=1S/C9H13N5O3S/c1-5(8(17)10-6-2-3-6)14-9(11-12-13-14)18-4-7(15)16/h5-6H,2-4H2,1H3,(H,10,17)(H,15,16). The van der Waals surface area contributed by atoms with Crippen LogP contribution in [-0.4, -0.2) is 49.0 Å². The highest BCUT2D eigenvalue weighted by molar-refractivity contribution is 7.99. The van der Waals surface area contributed by atoms with Crippen LogP contribution in [0.25, 0.3) is 0 Å². The van der Waals surface area contributed by atoms with Crippen LogP contribution in [0.5, 0.6) is 0 Å². The molecule has 0 bridgehead atoms. The van der Waals surface area contributed by atoms with Crippen molar-refractivity contribution >= 4 is 23.6 Å². The number of nitrogens with zero attached hydrogens (tertiary/aromatic N) is 4. The van der Waals surface area contributed by atoms with Gasteiger partial charge in [-0.05, 0) is 30.2 Å². The third-order valence-corrected chi connectivity index (χ3v) is 3.38. The van der Waals surface area contributed by atoms with E-state index in [1.54, 1.807) is 6.92 Å². The van der Waals surface area contributed by atoms with Gasteiger partial charge in [0.05, 0.1) is 5.75 Å². The number of thioether (sulfide) groups is 1. The average molecular weight is 271 g/mol. The Hall–Kier alpha value is -1.64. The highest BCUT2D eigenvalue weighted by Gasteiger charge is 2.28. The quantitative estimate of drug-likeness (QED) is 0.683. The molecule has 0 spiro atoms. The number of carboxylic acids is 1. The first kappa shape index (κ1) is 12.8. The Morgan fingerprint density at radius 2 is 2.33 bits per heavy atom. The summed E-state index contributed by atoms with van der Waals surface area (Å²) in [6.07, 6.45) is 2.02. The zero-order valence-electron chi connectivity index (χ0n) is 9.74. The van der Waals surface area contributed by atoms with E-state index in [4.69, 9.17) is 5.11 Å². The van der Waals surface area contributed by atoms with Gasteiger partial charge in [-0.2, -0.15) is 0 Å². The molecule has 9 heteroatoms. The SMILES string of the molecule is CC(C(=O)NC1CC1)n1nnnc1SCC(=O)O. The smallest absolute Gasteiger partial charge is 0.313 e. The van der Waals surface area contributed by atoms with Crippen LogP contribution in [0.2, 0.25) is 0 Å². The summed E-state index contributed by atoms with van der Waals surface area (Å²) in [5.74, 6) is -1.25. The molecule has 0 radical (unpaired) electrons. The van der Waals surface area contributed by atoms with E-state index in [9.17, 15) is 9.59 Å². The molecule has 1 aliphatic rings. The van der Waals surface area contributed by atoms with Crippen molar-refractivity contribution in [2.75, 3.05) is 5.75 Å². The number of amides is 1. The topological polar surface area (TPSA) is 110 Å². The first-order chi connectivity index (χ1) is 8.58. The fourth-order valence-corrected chi connectivity index (χ4v) is 1.98. The maximum atomic E-state index is 11.8. The van der Waals surface area contributed by atoms with Gasteiger partial charge in [0.2, 0.25) is 11.1 Å². The summed E-state index contributed by atoms with van der Waals surface area (Å²) in [6, 6.07) is -0.275. The Labute approximate surface area is 107 Å². The largest absolute Gasteiger partial charge is 0.481 e. The number of carbonyl (C=O) groups excluding carboxylic acids is 1. The van der Waals surface area contributed by atoms with Gasteiger partial charge in [-0.25, -0.2) is 4.68 Å². The maximum Gasteiger partial charge on any atom is 0.313 e. The number of rotatable bonds is 6. The molecule has 2 rings (SSSR count). The molecule has 1 saturated carbocycles. The monoisotopic (exact) mass is 271 g/mol. The van der Waals surface area contributed by atoms with Crippen LogP contribution in [0.15, 0.2) is 5.16 Å². The molecular formula is C9H13N5O3S. The Morgan fingerprint density at radius 1 is 1.61 bits per heavy atom.